The van der Waals surface area contributed by atoms with Crippen LogP contribution in [0, 0.1) is 6.92 Å². The number of furan rings is 1. The average Bonchev–Trinajstić information content (AvgIpc) is 3.07. The summed E-state index contributed by atoms with van der Waals surface area (Å²) in [6.07, 6.45) is 4.57. The van der Waals surface area contributed by atoms with Crippen molar-refractivity contribution in [2.45, 2.75) is 45.3 Å². The van der Waals surface area contributed by atoms with Gasteiger partial charge >= 0.3 is 0 Å². The summed E-state index contributed by atoms with van der Waals surface area (Å²) in [6.45, 7) is 6.01. The molecule has 3 rings (SSSR count). The molecule has 2 heterocycles. The van der Waals surface area contributed by atoms with Gasteiger partial charge < -0.3 is 9.73 Å². The first kappa shape index (κ1) is 14.4. The third-order valence-electron chi connectivity index (χ3n) is 4.28. The van der Waals surface area contributed by atoms with Gasteiger partial charge in [0.1, 0.15) is 11.5 Å². The van der Waals surface area contributed by atoms with Crippen molar-refractivity contribution in [2.75, 3.05) is 13.6 Å². The van der Waals surface area contributed by atoms with Crippen molar-refractivity contribution in [1.82, 2.24) is 20.4 Å². The van der Waals surface area contributed by atoms with Crippen molar-refractivity contribution in [2.24, 2.45) is 0 Å². The van der Waals surface area contributed by atoms with Crippen LogP contribution in [0.5, 0.6) is 0 Å². The largest absolute Gasteiger partial charge is 0.460 e. The summed E-state index contributed by atoms with van der Waals surface area (Å²) in [7, 11) is 2.22. The third-order valence-corrected chi connectivity index (χ3v) is 4.28. The first-order chi connectivity index (χ1) is 10.1. The molecule has 1 fully saturated rings. The fourth-order valence-corrected chi connectivity index (χ4v) is 2.63. The number of nitrogens with zero attached hydrogens (tertiary/aromatic N) is 2. The maximum Gasteiger partial charge on any atom is 0.152 e. The molecule has 0 saturated heterocycles. The second-order valence-electron chi connectivity index (χ2n) is 6.06. The molecule has 5 nitrogen and oxygen atoms in total. The van der Waals surface area contributed by atoms with Gasteiger partial charge in [0.25, 0.3) is 0 Å². The molecule has 0 bridgehead atoms. The summed E-state index contributed by atoms with van der Waals surface area (Å²) < 4.78 is 5.67. The van der Waals surface area contributed by atoms with Crippen molar-refractivity contribution in [3.8, 4) is 11.5 Å². The van der Waals surface area contributed by atoms with E-state index in [0.29, 0.717) is 6.04 Å². The number of likely N-dealkylation sites (N-methyl/N-ethyl adjacent to an activating group) is 1. The Balaban J connectivity index is 1.55. The highest BCUT2D eigenvalue weighted by atomic mass is 16.3. The number of aromatic amines is 1. The van der Waals surface area contributed by atoms with E-state index in [1.54, 1.807) is 0 Å². The Morgan fingerprint density at radius 3 is 2.95 bits per heavy atom. The molecule has 2 aromatic heterocycles. The van der Waals surface area contributed by atoms with Crippen LogP contribution in [0.4, 0.5) is 0 Å². The molecule has 0 amide bonds. The Labute approximate surface area is 125 Å². The highest BCUT2D eigenvalue weighted by Crippen LogP contribution is 2.27. The number of H-pyrrole nitrogens is 1. The quantitative estimate of drug-likeness (QED) is 0.822. The lowest BCUT2D eigenvalue weighted by Gasteiger charge is -2.24. The molecule has 2 N–H and O–H groups in total. The standard InChI is InChI=1S/C16H24N4O/c1-11(20(3)14-5-6-14)8-17-9-13-10-18-19-16(13)15-7-4-12(2)21-15/h4,7,10-11,14,17H,5-6,8-9H2,1-3H3,(H,18,19). The number of rotatable bonds is 7. The molecule has 1 aliphatic carbocycles. The fraction of sp³-hybridized carbons (Fsp3) is 0.562. The second kappa shape index (κ2) is 6.03. The van der Waals surface area contributed by atoms with Gasteiger partial charge in [0.15, 0.2) is 5.76 Å². The van der Waals surface area contributed by atoms with Crippen LogP contribution in [-0.2, 0) is 6.54 Å². The highest BCUT2D eigenvalue weighted by molar-refractivity contribution is 5.56. The minimum Gasteiger partial charge on any atom is -0.460 e. The van der Waals surface area contributed by atoms with Crippen molar-refractivity contribution < 1.29 is 4.42 Å². The number of hydrogen-bond acceptors (Lipinski definition) is 4. The van der Waals surface area contributed by atoms with E-state index in [0.717, 1.165) is 41.9 Å². The van der Waals surface area contributed by atoms with Crippen LogP contribution in [0.2, 0.25) is 0 Å². The molecular formula is C16H24N4O. The van der Waals surface area contributed by atoms with Crippen LogP contribution in [0.15, 0.2) is 22.7 Å². The highest BCUT2D eigenvalue weighted by Gasteiger charge is 2.28. The minimum absolute atomic E-state index is 0.554. The Morgan fingerprint density at radius 2 is 2.29 bits per heavy atom. The first-order valence-electron chi connectivity index (χ1n) is 7.67. The van der Waals surface area contributed by atoms with Crippen LogP contribution in [0.25, 0.3) is 11.5 Å². The maximum absolute atomic E-state index is 5.67. The lowest BCUT2D eigenvalue weighted by atomic mass is 10.2. The van der Waals surface area contributed by atoms with Crippen molar-refractivity contribution in [3.63, 3.8) is 0 Å². The van der Waals surface area contributed by atoms with E-state index in [9.17, 15) is 0 Å². The van der Waals surface area contributed by atoms with Crippen LogP contribution in [0.1, 0.15) is 31.1 Å². The molecule has 1 aliphatic rings. The molecule has 114 valence electrons. The maximum atomic E-state index is 5.67. The van der Waals surface area contributed by atoms with Crippen LogP contribution >= 0.6 is 0 Å². The molecule has 21 heavy (non-hydrogen) atoms. The van der Waals surface area contributed by atoms with Gasteiger partial charge in [0.05, 0.1) is 6.20 Å². The Bertz CT molecular complexity index is 585. The van der Waals surface area contributed by atoms with Crippen molar-refractivity contribution in [3.05, 3.63) is 29.7 Å². The van der Waals surface area contributed by atoms with E-state index in [-0.39, 0.29) is 0 Å². The summed E-state index contributed by atoms with van der Waals surface area (Å²) in [4.78, 5) is 2.47. The topological polar surface area (TPSA) is 57.1 Å². The molecule has 1 atom stereocenters. The van der Waals surface area contributed by atoms with E-state index in [1.807, 2.05) is 25.3 Å². The number of aromatic nitrogens is 2. The number of hydrogen-bond donors (Lipinski definition) is 2. The van der Waals surface area contributed by atoms with E-state index >= 15 is 0 Å². The Hall–Kier alpha value is -1.59. The van der Waals surface area contributed by atoms with Gasteiger partial charge in [0.2, 0.25) is 0 Å². The van der Waals surface area contributed by atoms with Crippen molar-refractivity contribution >= 4 is 0 Å². The summed E-state index contributed by atoms with van der Waals surface area (Å²) >= 11 is 0. The number of nitrogens with one attached hydrogen (secondary N) is 2. The average molecular weight is 288 g/mol. The van der Waals surface area contributed by atoms with E-state index < -0.39 is 0 Å². The SMILES string of the molecule is Cc1ccc(-c2[nH]ncc2CNCC(C)N(C)C2CC2)o1. The predicted octanol–water partition coefficient (Wildman–Crippen LogP) is 2.55. The molecular weight excluding hydrogens is 264 g/mol. The minimum atomic E-state index is 0.554. The van der Waals surface area contributed by atoms with Crippen LogP contribution in [-0.4, -0.2) is 40.8 Å². The molecule has 0 radical (unpaired) electrons. The van der Waals surface area contributed by atoms with Gasteiger partial charge in [-0.05, 0) is 45.9 Å². The smallest absolute Gasteiger partial charge is 0.152 e. The summed E-state index contributed by atoms with van der Waals surface area (Å²) in [5, 5.41) is 10.7. The first-order valence-corrected chi connectivity index (χ1v) is 7.67. The molecule has 1 saturated carbocycles. The normalized spacial score (nSPS) is 16.6. The monoisotopic (exact) mass is 288 g/mol. The zero-order chi connectivity index (χ0) is 14.8. The third kappa shape index (κ3) is 3.36. The molecule has 1 unspecified atom stereocenters. The van der Waals surface area contributed by atoms with Crippen molar-refractivity contribution in [1.29, 1.82) is 0 Å². The van der Waals surface area contributed by atoms with Crippen LogP contribution in [0.3, 0.4) is 0 Å². The second-order valence-corrected chi connectivity index (χ2v) is 6.06. The lowest BCUT2D eigenvalue weighted by Crippen LogP contribution is -2.38. The Morgan fingerprint density at radius 1 is 1.48 bits per heavy atom. The fourth-order valence-electron chi connectivity index (χ4n) is 2.63. The molecule has 0 aromatic carbocycles. The van der Waals surface area contributed by atoms with Gasteiger partial charge in [-0.15, -0.1) is 0 Å². The Kier molecular flexibility index (Phi) is 4.12. The zero-order valence-corrected chi connectivity index (χ0v) is 13.0. The van der Waals surface area contributed by atoms with Gasteiger partial charge in [-0.2, -0.15) is 5.10 Å². The summed E-state index contributed by atoms with van der Waals surface area (Å²) in [6, 6.07) is 5.31. The van der Waals surface area contributed by atoms with Gasteiger partial charge in [0, 0.05) is 30.7 Å². The van der Waals surface area contributed by atoms with Gasteiger partial charge in [-0.25, -0.2) is 0 Å². The van der Waals surface area contributed by atoms with Crippen LogP contribution < -0.4 is 5.32 Å². The molecule has 5 heteroatoms. The predicted molar refractivity (Wildman–Crippen MR) is 83.0 cm³/mol. The zero-order valence-electron chi connectivity index (χ0n) is 13.0. The molecule has 2 aromatic rings. The lowest BCUT2D eigenvalue weighted by molar-refractivity contribution is 0.241. The van der Waals surface area contributed by atoms with E-state index in [1.165, 1.54) is 12.8 Å². The van der Waals surface area contributed by atoms with Gasteiger partial charge in [-0.3, -0.25) is 10.00 Å². The van der Waals surface area contributed by atoms with Gasteiger partial charge in [-0.1, -0.05) is 0 Å². The number of aryl methyl sites for hydroxylation is 1. The van der Waals surface area contributed by atoms with E-state index in [2.05, 4.69) is 34.4 Å². The summed E-state index contributed by atoms with van der Waals surface area (Å²) in [5.41, 5.74) is 2.12. The van der Waals surface area contributed by atoms with E-state index in [4.69, 9.17) is 4.42 Å². The summed E-state index contributed by atoms with van der Waals surface area (Å²) in [5.74, 6) is 1.77. The molecule has 0 aliphatic heterocycles. The molecule has 0 spiro atoms.